The molecule has 0 atom stereocenters. The lowest BCUT2D eigenvalue weighted by molar-refractivity contribution is 0.486. The molecule has 0 saturated heterocycles. The molecule has 13 rings (SSSR count). The molecule has 5 nitrogen and oxygen atoms in total. The first-order chi connectivity index (χ1) is 28.3. The molecule has 0 spiro atoms. The van der Waals surface area contributed by atoms with Gasteiger partial charge in [0.1, 0.15) is 11.5 Å². The fourth-order valence-corrected chi connectivity index (χ4v) is 9.39. The summed E-state index contributed by atoms with van der Waals surface area (Å²) in [6, 6.07) is 65.1. The summed E-state index contributed by atoms with van der Waals surface area (Å²) in [6.45, 7) is 0. The Balaban J connectivity index is 1.04. The molecular formula is C52H30N4O. The van der Waals surface area contributed by atoms with Crippen LogP contribution in [-0.4, -0.2) is 19.1 Å². The minimum Gasteiger partial charge on any atom is -0.456 e. The van der Waals surface area contributed by atoms with E-state index in [1.165, 1.54) is 49.0 Å². The number of benzene rings is 9. The molecule has 3 aromatic heterocycles. The largest absolute Gasteiger partial charge is 0.456 e. The van der Waals surface area contributed by atoms with Crippen molar-refractivity contribution in [3.8, 4) is 45.5 Å². The van der Waals surface area contributed by atoms with Gasteiger partial charge in [0.05, 0.1) is 44.4 Å². The second-order valence-electron chi connectivity index (χ2n) is 15.0. The summed E-state index contributed by atoms with van der Waals surface area (Å²) in [7, 11) is 0. The molecule has 0 bridgehead atoms. The number of hydrogen-bond acceptors (Lipinski definition) is 3. The minimum atomic E-state index is 0.635. The highest BCUT2D eigenvalue weighted by Crippen LogP contribution is 2.46. The molecule has 0 fully saturated rings. The first kappa shape index (κ1) is 30.6. The Bertz CT molecular complexity index is 3690. The summed E-state index contributed by atoms with van der Waals surface area (Å²) < 4.78 is 11.0. The molecule has 0 N–H and O–H groups in total. The maximum absolute atomic E-state index is 6.32. The smallest absolute Gasteiger partial charge is 0.235 e. The van der Waals surface area contributed by atoms with E-state index < -0.39 is 0 Å². The zero-order valence-electron chi connectivity index (χ0n) is 30.5. The van der Waals surface area contributed by atoms with Crippen molar-refractivity contribution in [3.63, 3.8) is 0 Å². The molecule has 0 saturated carbocycles. The summed E-state index contributed by atoms with van der Waals surface area (Å²) in [5.41, 5.74) is 10.7. The predicted molar refractivity (Wildman–Crippen MR) is 234 cm³/mol. The number of nitrogens with zero attached hydrogens (tertiary/aromatic N) is 4. The second kappa shape index (κ2) is 11.4. The van der Waals surface area contributed by atoms with Crippen molar-refractivity contribution in [2.45, 2.75) is 0 Å². The maximum Gasteiger partial charge on any atom is 0.235 e. The van der Waals surface area contributed by atoms with Gasteiger partial charge < -0.3 is 9.30 Å². The predicted octanol–water partition coefficient (Wildman–Crippen LogP) is 13.6. The van der Waals surface area contributed by atoms with Gasteiger partial charge >= 0.3 is 0 Å². The van der Waals surface area contributed by atoms with Crippen molar-refractivity contribution in [2.24, 2.45) is 0 Å². The maximum atomic E-state index is 6.32. The van der Waals surface area contributed by atoms with Crippen LogP contribution < -0.4 is 4.74 Å². The van der Waals surface area contributed by atoms with E-state index in [2.05, 4.69) is 161 Å². The third-order valence-electron chi connectivity index (χ3n) is 11.9. The summed E-state index contributed by atoms with van der Waals surface area (Å²) in [5, 5.41) is 10.7. The number of rotatable bonds is 3. The van der Waals surface area contributed by atoms with E-state index >= 15 is 0 Å². The Hall–Kier alpha value is -7.76. The van der Waals surface area contributed by atoms with Crippen molar-refractivity contribution in [2.75, 3.05) is 0 Å². The highest BCUT2D eigenvalue weighted by molar-refractivity contribution is 6.16. The SMILES string of the molecule is c1ccc2c(c1)Oc1cccc3nc(-n4c5ccccc5c5ccc(-c6ccc7c(c6)c6ccccc6n7-c6cc7ccccc7c7ccccc67)cc54)nc-2c13. The van der Waals surface area contributed by atoms with Crippen LogP contribution in [0.3, 0.4) is 0 Å². The van der Waals surface area contributed by atoms with Crippen LogP contribution in [0, 0.1) is 0 Å². The number of ether oxygens (including phenoxy) is 1. The third kappa shape index (κ3) is 4.28. The summed E-state index contributed by atoms with van der Waals surface area (Å²) in [6.07, 6.45) is 0. The van der Waals surface area contributed by atoms with E-state index in [-0.39, 0.29) is 0 Å². The Morgan fingerprint density at radius 2 is 1.02 bits per heavy atom. The molecule has 1 aliphatic heterocycles. The van der Waals surface area contributed by atoms with Crippen LogP contribution in [0.5, 0.6) is 11.5 Å². The zero-order valence-corrected chi connectivity index (χ0v) is 30.5. The standard InChI is InChI=1S/C52H30N4O/c1-2-13-34-33(12-1)30-46(36-15-4-3-14-35(34)36)55-43-20-8-6-17-38(43)41-28-31(25-27-45(41)55)32-24-26-39-37-16-5-9-21-44(37)56(47(39)29-32)52-53-42-19-11-23-49-50(42)51(54-52)40-18-7-10-22-48(40)57-49/h1-30H. The number of aromatic nitrogens is 4. The third-order valence-corrected chi connectivity index (χ3v) is 11.9. The van der Waals surface area contributed by atoms with E-state index in [9.17, 15) is 0 Å². The summed E-state index contributed by atoms with van der Waals surface area (Å²) in [4.78, 5) is 10.5. The molecule has 1 aliphatic rings. The first-order valence-corrected chi connectivity index (χ1v) is 19.3. The minimum absolute atomic E-state index is 0.635. The van der Waals surface area contributed by atoms with Crippen molar-refractivity contribution < 1.29 is 4.74 Å². The van der Waals surface area contributed by atoms with E-state index in [1.54, 1.807) is 0 Å². The van der Waals surface area contributed by atoms with E-state index in [4.69, 9.17) is 14.7 Å². The molecule has 0 amide bonds. The fourth-order valence-electron chi connectivity index (χ4n) is 9.39. The fraction of sp³-hybridized carbons (Fsp3) is 0. The summed E-state index contributed by atoms with van der Waals surface area (Å²) in [5.74, 6) is 2.22. The average molecular weight is 727 g/mol. The van der Waals surface area contributed by atoms with Crippen LogP contribution in [0.4, 0.5) is 0 Å². The summed E-state index contributed by atoms with van der Waals surface area (Å²) >= 11 is 0. The highest BCUT2D eigenvalue weighted by Gasteiger charge is 2.25. The molecular weight excluding hydrogens is 697 g/mol. The molecule has 264 valence electrons. The Morgan fingerprint density at radius 3 is 1.89 bits per heavy atom. The van der Waals surface area contributed by atoms with Gasteiger partial charge in [-0.15, -0.1) is 0 Å². The second-order valence-corrected chi connectivity index (χ2v) is 15.0. The number of hydrogen-bond donors (Lipinski definition) is 0. The van der Waals surface area contributed by atoms with E-state index in [1.807, 2.05) is 30.3 Å². The van der Waals surface area contributed by atoms with Gasteiger partial charge in [0.2, 0.25) is 5.95 Å². The van der Waals surface area contributed by atoms with Crippen LogP contribution in [0.25, 0.3) is 110 Å². The van der Waals surface area contributed by atoms with Crippen LogP contribution in [0.1, 0.15) is 0 Å². The normalized spacial score (nSPS) is 12.4. The Morgan fingerprint density at radius 1 is 0.386 bits per heavy atom. The monoisotopic (exact) mass is 726 g/mol. The average Bonchev–Trinajstić information content (AvgIpc) is 3.78. The van der Waals surface area contributed by atoms with Crippen LogP contribution in [0.2, 0.25) is 0 Å². The van der Waals surface area contributed by atoms with E-state index in [0.717, 1.165) is 66.6 Å². The Labute approximate surface area is 326 Å². The molecule has 12 aromatic rings. The molecule has 5 heteroatoms. The van der Waals surface area contributed by atoms with Gasteiger partial charge in [-0.05, 0) is 87.9 Å². The van der Waals surface area contributed by atoms with E-state index in [0.29, 0.717) is 5.95 Å². The molecule has 57 heavy (non-hydrogen) atoms. The number of fused-ring (bicyclic) bond motifs is 11. The van der Waals surface area contributed by atoms with Gasteiger partial charge in [-0.3, -0.25) is 4.57 Å². The topological polar surface area (TPSA) is 44.9 Å². The van der Waals surface area contributed by atoms with Gasteiger partial charge in [0.15, 0.2) is 0 Å². The van der Waals surface area contributed by atoms with Crippen LogP contribution in [0.15, 0.2) is 182 Å². The molecule has 0 unspecified atom stereocenters. The van der Waals surface area contributed by atoms with Gasteiger partial charge in [0.25, 0.3) is 0 Å². The molecule has 9 aromatic carbocycles. The molecule has 4 heterocycles. The molecule has 0 radical (unpaired) electrons. The van der Waals surface area contributed by atoms with Crippen molar-refractivity contribution >= 4 is 76.1 Å². The van der Waals surface area contributed by atoms with Gasteiger partial charge in [-0.2, -0.15) is 0 Å². The van der Waals surface area contributed by atoms with Crippen LogP contribution in [-0.2, 0) is 0 Å². The van der Waals surface area contributed by atoms with Crippen molar-refractivity contribution in [1.29, 1.82) is 0 Å². The lowest BCUT2D eigenvalue weighted by Gasteiger charge is -2.21. The quantitative estimate of drug-likeness (QED) is 0.170. The van der Waals surface area contributed by atoms with Crippen molar-refractivity contribution in [1.82, 2.24) is 19.1 Å². The van der Waals surface area contributed by atoms with Gasteiger partial charge in [-0.1, -0.05) is 121 Å². The first-order valence-electron chi connectivity index (χ1n) is 19.3. The van der Waals surface area contributed by atoms with Gasteiger partial charge in [-0.25, -0.2) is 9.97 Å². The van der Waals surface area contributed by atoms with Crippen LogP contribution >= 0.6 is 0 Å². The lowest BCUT2D eigenvalue weighted by Crippen LogP contribution is -2.06. The van der Waals surface area contributed by atoms with Crippen molar-refractivity contribution in [3.05, 3.63) is 182 Å². The van der Waals surface area contributed by atoms with Gasteiger partial charge in [0, 0.05) is 32.5 Å². The number of para-hydroxylation sites is 3. The molecule has 0 aliphatic carbocycles. The zero-order chi connectivity index (χ0) is 37.2. The lowest BCUT2D eigenvalue weighted by atomic mass is 10.00. The highest BCUT2D eigenvalue weighted by atomic mass is 16.5. The Kier molecular flexibility index (Phi) is 6.10.